The number of ether oxygens (including phenoxy) is 1. The Morgan fingerprint density at radius 3 is 2.91 bits per heavy atom. The van der Waals surface area contributed by atoms with Gasteiger partial charge in [-0.2, -0.15) is 0 Å². The predicted octanol–water partition coefficient (Wildman–Crippen LogP) is 1.29. The molecule has 2 atom stereocenters. The van der Waals surface area contributed by atoms with Gasteiger partial charge in [0.1, 0.15) is 0 Å². The van der Waals surface area contributed by atoms with Gasteiger partial charge in [0.25, 0.3) is 11.8 Å². The Morgan fingerprint density at radius 1 is 1.50 bits per heavy atom. The van der Waals surface area contributed by atoms with E-state index in [0.29, 0.717) is 29.5 Å². The maximum Gasteiger partial charge on any atom is 0.265 e. The van der Waals surface area contributed by atoms with Gasteiger partial charge in [0, 0.05) is 12.6 Å². The molecule has 0 radical (unpaired) electrons. The molecule has 2 unspecified atom stereocenters. The number of nitrogens with two attached hydrogens (primary N) is 1. The van der Waals surface area contributed by atoms with Gasteiger partial charge in [0.2, 0.25) is 0 Å². The van der Waals surface area contributed by atoms with E-state index in [1.165, 1.54) is 0 Å². The topological polar surface area (TPSA) is 93.4 Å². The van der Waals surface area contributed by atoms with E-state index in [1.54, 1.807) is 25.1 Å². The summed E-state index contributed by atoms with van der Waals surface area (Å²) in [5.41, 5.74) is 6.92. The molecule has 7 heteroatoms. The number of carbonyl (C=O) groups is 2. The predicted molar refractivity (Wildman–Crippen MR) is 85.4 cm³/mol. The molecule has 1 aromatic carbocycles. The maximum atomic E-state index is 12.3. The number of halogens is 1. The van der Waals surface area contributed by atoms with Gasteiger partial charge in [-0.05, 0) is 37.8 Å². The summed E-state index contributed by atoms with van der Waals surface area (Å²) in [4.78, 5) is 23.9. The van der Waals surface area contributed by atoms with E-state index in [0.717, 1.165) is 12.8 Å². The Morgan fingerprint density at radius 2 is 2.23 bits per heavy atom. The van der Waals surface area contributed by atoms with E-state index in [4.69, 9.17) is 10.5 Å². The van der Waals surface area contributed by atoms with Crippen LogP contribution in [-0.4, -0.2) is 30.5 Å². The molecule has 0 saturated heterocycles. The van der Waals surface area contributed by atoms with Crippen LogP contribution in [0.5, 0.6) is 5.75 Å². The van der Waals surface area contributed by atoms with Crippen LogP contribution in [0.15, 0.2) is 18.2 Å². The zero-order valence-corrected chi connectivity index (χ0v) is 13.1. The summed E-state index contributed by atoms with van der Waals surface area (Å²) in [5, 5.41) is 5.57. The third-order valence-corrected chi connectivity index (χ3v) is 3.91. The standard InChI is InChI=1S/C15H19N3O3.ClH/c1-8-14(19)18-12-4-2-3-10(13(12)21-8)15(20)17-7-11(16)9-5-6-9;/h2-4,8-9,11H,5-7,16H2,1H3,(H,17,20)(H,18,19);1H. The lowest BCUT2D eigenvalue weighted by molar-refractivity contribution is -0.122. The first-order valence-corrected chi connectivity index (χ1v) is 7.20. The van der Waals surface area contributed by atoms with Crippen LogP contribution in [0.4, 0.5) is 5.69 Å². The fourth-order valence-electron chi connectivity index (χ4n) is 2.40. The van der Waals surface area contributed by atoms with E-state index in [1.807, 2.05) is 0 Å². The number of fused-ring (bicyclic) bond motifs is 1. The summed E-state index contributed by atoms with van der Waals surface area (Å²) in [6, 6.07) is 5.12. The Labute approximate surface area is 135 Å². The summed E-state index contributed by atoms with van der Waals surface area (Å²) in [7, 11) is 0. The molecule has 4 N–H and O–H groups in total. The first-order valence-electron chi connectivity index (χ1n) is 7.20. The highest BCUT2D eigenvalue weighted by Gasteiger charge is 2.30. The molecule has 1 aromatic rings. The second kappa shape index (κ2) is 6.54. The van der Waals surface area contributed by atoms with E-state index in [2.05, 4.69) is 10.6 Å². The highest BCUT2D eigenvalue weighted by Crippen LogP contribution is 2.33. The SMILES string of the molecule is CC1Oc2c(cccc2C(=O)NCC(N)C2CC2)NC1=O.Cl. The molecule has 1 heterocycles. The van der Waals surface area contributed by atoms with Crippen molar-refractivity contribution in [1.82, 2.24) is 5.32 Å². The molecule has 1 fully saturated rings. The first kappa shape index (κ1) is 16.6. The molecular formula is C15H20ClN3O3. The Hall–Kier alpha value is -1.79. The van der Waals surface area contributed by atoms with Crippen molar-refractivity contribution in [2.75, 3.05) is 11.9 Å². The number of anilines is 1. The second-order valence-corrected chi connectivity index (χ2v) is 5.64. The van der Waals surface area contributed by atoms with Gasteiger partial charge in [0.05, 0.1) is 11.3 Å². The van der Waals surface area contributed by atoms with Crippen molar-refractivity contribution in [3.8, 4) is 5.75 Å². The highest BCUT2D eigenvalue weighted by molar-refractivity contribution is 6.03. The summed E-state index contributed by atoms with van der Waals surface area (Å²) < 4.78 is 5.56. The van der Waals surface area contributed by atoms with Gasteiger partial charge in [-0.3, -0.25) is 9.59 Å². The molecule has 120 valence electrons. The normalized spacial score (nSPS) is 20.8. The average molecular weight is 326 g/mol. The van der Waals surface area contributed by atoms with Gasteiger partial charge in [-0.15, -0.1) is 12.4 Å². The van der Waals surface area contributed by atoms with Crippen molar-refractivity contribution in [3.63, 3.8) is 0 Å². The Kier molecular flexibility index (Phi) is 4.93. The molecule has 1 aliphatic heterocycles. The van der Waals surface area contributed by atoms with E-state index in [9.17, 15) is 9.59 Å². The van der Waals surface area contributed by atoms with Crippen molar-refractivity contribution >= 4 is 29.9 Å². The molecule has 3 rings (SSSR count). The minimum atomic E-state index is -0.611. The molecule has 1 saturated carbocycles. The van der Waals surface area contributed by atoms with Gasteiger partial charge in [0.15, 0.2) is 11.9 Å². The van der Waals surface area contributed by atoms with Crippen LogP contribution in [0, 0.1) is 5.92 Å². The molecule has 6 nitrogen and oxygen atoms in total. The van der Waals surface area contributed by atoms with E-state index < -0.39 is 6.10 Å². The lowest BCUT2D eigenvalue weighted by atomic mass is 10.1. The minimum absolute atomic E-state index is 0. The highest BCUT2D eigenvalue weighted by atomic mass is 35.5. The van der Waals surface area contributed by atoms with Crippen LogP contribution in [0.1, 0.15) is 30.1 Å². The molecule has 22 heavy (non-hydrogen) atoms. The first-order chi connectivity index (χ1) is 10.1. The minimum Gasteiger partial charge on any atom is -0.478 e. The third-order valence-electron chi connectivity index (χ3n) is 3.91. The van der Waals surface area contributed by atoms with E-state index >= 15 is 0 Å². The van der Waals surface area contributed by atoms with Crippen molar-refractivity contribution < 1.29 is 14.3 Å². The number of amides is 2. The number of hydrogen-bond acceptors (Lipinski definition) is 4. The largest absolute Gasteiger partial charge is 0.478 e. The van der Waals surface area contributed by atoms with Gasteiger partial charge >= 0.3 is 0 Å². The lowest BCUT2D eigenvalue weighted by Gasteiger charge is -2.25. The van der Waals surface area contributed by atoms with Crippen LogP contribution in [0.3, 0.4) is 0 Å². The number of rotatable bonds is 4. The number of carbonyl (C=O) groups excluding carboxylic acids is 2. The zero-order valence-electron chi connectivity index (χ0n) is 12.3. The molecule has 0 spiro atoms. The summed E-state index contributed by atoms with van der Waals surface area (Å²) in [5.74, 6) is 0.509. The number of para-hydroxylation sites is 1. The maximum absolute atomic E-state index is 12.3. The lowest BCUT2D eigenvalue weighted by Crippen LogP contribution is -2.39. The van der Waals surface area contributed by atoms with Crippen molar-refractivity contribution in [2.45, 2.75) is 31.9 Å². The van der Waals surface area contributed by atoms with Crippen molar-refractivity contribution in [3.05, 3.63) is 23.8 Å². The molecule has 0 bridgehead atoms. The number of nitrogens with one attached hydrogen (secondary N) is 2. The van der Waals surface area contributed by atoms with Gasteiger partial charge in [-0.1, -0.05) is 6.07 Å². The van der Waals surface area contributed by atoms with Crippen molar-refractivity contribution in [1.29, 1.82) is 0 Å². The summed E-state index contributed by atoms with van der Waals surface area (Å²) in [6.45, 7) is 2.10. The molecule has 2 aliphatic rings. The van der Waals surface area contributed by atoms with Crippen LogP contribution in [-0.2, 0) is 4.79 Å². The number of hydrogen-bond donors (Lipinski definition) is 3. The fourth-order valence-corrected chi connectivity index (χ4v) is 2.40. The molecular weight excluding hydrogens is 306 g/mol. The summed E-state index contributed by atoms with van der Waals surface area (Å²) >= 11 is 0. The van der Waals surface area contributed by atoms with Gasteiger partial charge in [-0.25, -0.2) is 0 Å². The van der Waals surface area contributed by atoms with E-state index in [-0.39, 0.29) is 30.3 Å². The molecule has 0 aromatic heterocycles. The van der Waals surface area contributed by atoms with Crippen molar-refractivity contribution in [2.24, 2.45) is 11.7 Å². The van der Waals surface area contributed by atoms with Crippen LogP contribution >= 0.6 is 12.4 Å². The zero-order chi connectivity index (χ0) is 15.0. The monoisotopic (exact) mass is 325 g/mol. The van der Waals surface area contributed by atoms with Gasteiger partial charge < -0.3 is 21.1 Å². The molecule has 2 amide bonds. The smallest absolute Gasteiger partial charge is 0.265 e. The Balaban J connectivity index is 0.00000176. The Bertz CT molecular complexity index is 589. The van der Waals surface area contributed by atoms with Crippen LogP contribution in [0.25, 0.3) is 0 Å². The quantitative estimate of drug-likeness (QED) is 0.777. The second-order valence-electron chi connectivity index (χ2n) is 5.64. The fraction of sp³-hybridized carbons (Fsp3) is 0.467. The number of benzene rings is 1. The van der Waals surface area contributed by atoms with Crippen LogP contribution < -0.4 is 21.1 Å². The third kappa shape index (κ3) is 3.34. The van der Waals surface area contributed by atoms with Crippen LogP contribution in [0.2, 0.25) is 0 Å². The summed E-state index contributed by atoms with van der Waals surface area (Å²) in [6.07, 6.45) is 1.68. The average Bonchev–Trinajstić information content (AvgIpc) is 3.29. The molecule has 1 aliphatic carbocycles.